The zero-order chi connectivity index (χ0) is 13.0. The van der Waals surface area contributed by atoms with Gasteiger partial charge in [-0.1, -0.05) is 18.2 Å². The SMILES string of the molecule is CCOC(=O)C[n+]1[n-]oc(=N)c1-c1ccccc1. The molecule has 0 aliphatic carbocycles. The third-order valence-electron chi connectivity index (χ3n) is 2.34. The lowest BCUT2D eigenvalue weighted by Gasteiger charge is -2.02. The summed E-state index contributed by atoms with van der Waals surface area (Å²) in [5, 5.41) is 11.3. The summed E-state index contributed by atoms with van der Waals surface area (Å²) in [6, 6.07) is 9.21. The first-order valence-electron chi connectivity index (χ1n) is 5.54. The van der Waals surface area contributed by atoms with E-state index in [4.69, 9.17) is 14.7 Å². The van der Waals surface area contributed by atoms with E-state index in [0.29, 0.717) is 12.3 Å². The van der Waals surface area contributed by atoms with E-state index in [2.05, 4.69) is 5.27 Å². The Labute approximate surface area is 103 Å². The van der Waals surface area contributed by atoms with Gasteiger partial charge in [0.1, 0.15) is 0 Å². The Morgan fingerprint density at radius 1 is 1.44 bits per heavy atom. The minimum absolute atomic E-state index is 0.0690. The van der Waals surface area contributed by atoms with E-state index in [1.807, 2.05) is 30.3 Å². The molecule has 0 amide bonds. The Morgan fingerprint density at radius 2 is 2.17 bits per heavy atom. The number of ether oxygens (including phenoxy) is 1. The summed E-state index contributed by atoms with van der Waals surface area (Å²) in [4.78, 5) is 11.4. The molecular weight excluding hydrogens is 234 g/mol. The van der Waals surface area contributed by atoms with Gasteiger partial charge < -0.3 is 9.26 Å². The van der Waals surface area contributed by atoms with Gasteiger partial charge in [-0.25, -0.2) is 9.48 Å². The highest BCUT2D eigenvalue weighted by Gasteiger charge is 2.18. The molecule has 6 nitrogen and oxygen atoms in total. The van der Waals surface area contributed by atoms with Crippen molar-refractivity contribution in [2.45, 2.75) is 13.5 Å². The smallest absolute Gasteiger partial charge is 0.372 e. The van der Waals surface area contributed by atoms with E-state index in [-0.39, 0.29) is 12.1 Å². The highest BCUT2D eigenvalue weighted by Crippen LogP contribution is 2.09. The van der Waals surface area contributed by atoms with Crippen molar-refractivity contribution >= 4 is 5.97 Å². The molecule has 0 saturated heterocycles. The molecular formula is C12H13N3O3. The number of esters is 1. The normalized spacial score (nSPS) is 10.3. The molecule has 0 fully saturated rings. The van der Waals surface area contributed by atoms with Crippen LogP contribution in [0.1, 0.15) is 6.92 Å². The van der Waals surface area contributed by atoms with Crippen LogP contribution >= 0.6 is 0 Å². The van der Waals surface area contributed by atoms with Crippen LogP contribution in [0.3, 0.4) is 0 Å². The second-order valence-electron chi connectivity index (χ2n) is 3.58. The quantitative estimate of drug-likeness (QED) is 0.619. The van der Waals surface area contributed by atoms with Crippen molar-refractivity contribution in [2.24, 2.45) is 0 Å². The zero-order valence-electron chi connectivity index (χ0n) is 9.92. The lowest BCUT2D eigenvalue weighted by molar-refractivity contribution is -0.748. The first kappa shape index (κ1) is 12.1. The van der Waals surface area contributed by atoms with Gasteiger partial charge in [0.2, 0.25) is 6.54 Å². The molecule has 0 aliphatic heterocycles. The minimum atomic E-state index is -0.409. The van der Waals surface area contributed by atoms with Crippen molar-refractivity contribution in [1.29, 1.82) is 5.41 Å². The summed E-state index contributed by atoms with van der Waals surface area (Å²) in [5.41, 5.74) is 1.15. The van der Waals surface area contributed by atoms with Crippen molar-refractivity contribution in [3.8, 4) is 11.3 Å². The fourth-order valence-corrected chi connectivity index (χ4v) is 1.60. The lowest BCUT2D eigenvalue weighted by atomic mass is 10.2. The van der Waals surface area contributed by atoms with Crippen LogP contribution in [0.25, 0.3) is 11.3 Å². The van der Waals surface area contributed by atoms with Crippen molar-refractivity contribution in [3.63, 3.8) is 0 Å². The predicted octanol–water partition coefficient (Wildman–Crippen LogP) is 0.234. The molecule has 0 saturated carbocycles. The molecule has 0 aliphatic rings. The van der Waals surface area contributed by atoms with E-state index >= 15 is 0 Å². The average molecular weight is 247 g/mol. The molecule has 1 N–H and O–H groups in total. The average Bonchev–Trinajstić information content (AvgIpc) is 2.72. The van der Waals surface area contributed by atoms with Crippen molar-refractivity contribution in [1.82, 2.24) is 5.27 Å². The number of benzene rings is 1. The summed E-state index contributed by atoms with van der Waals surface area (Å²) in [5.74, 6) is -0.409. The molecule has 18 heavy (non-hydrogen) atoms. The van der Waals surface area contributed by atoms with Crippen molar-refractivity contribution < 1.29 is 18.7 Å². The Morgan fingerprint density at radius 3 is 2.83 bits per heavy atom. The Balaban J connectivity index is 2.34. The van der Waals surface area contributed by atoms with Crippen LogP contribution in [-0.2, 0) is 16.1 Å². The number of carbonyl (C=O) groups excluding carboxylic acids is 1. The maximum atomic E-state index is 11.4. The molecule has 6 heteroatoms. The molecule has 0 unspecified atom stereocenters. The molecule has 0 bridgehead atoms. The van der Waals surface area contributed by atoms with Gasteiger partial charge in [-0.3, -0.25) is 10.7 Å². The second-order valence-corrected chi connectivity index (χ2v) is 3.58. The van der Waals surface area contributed by atoms with Gasteiger partial charge in [0.25, 0.3) is 11.2 Å². The van der Waals surface area contributed by atoms with Crippen LogP contribution in [0, 0.1) is 5.41 Å². The molecule has 0 spiro atoms. The molecule has 2 rings (SSSR count). The Hall–Kier alpha value is -2.37. The molecule has 0 atom stereocenters. The lowest BCUT2D eigenvalue weighted by Crippen LogP contribution is -2.44. The van der Waals surface area contributed by atoms with Gasteiger partial charge >= 0.3 is 5.97 Å². The topological polar surface area (TPSA) is 81.3 Å². The van der Waals surface area contributed by atoms with Crippen LogP contribution in [0.15, 0.2) is 34.9 Å². The monoisotopic (exact) mass is 247 g/mol. The summed E-state index contributed by atoms with van der Waals surface area (Å²) in [6.07, 6.45) is 0. The molecule has 94 valence electrons. The Kier molecular flexibility index (Phi) is 3.57. The zero-order valence-corrected chi connectivity index (χ0v) is 9.92. The molecule has 0 radical (unpaired) electrons. The highest BCUT2D eigenvalue weighted by molar-refractivity contribution is 5.67. The van der Waals surface area contributed by atoms with Crippen LogP contribution in [0.4, 0.5) is 0 Å². The molecule has 1 heterocycles. The number of hydrogen-bond donors (Lipinski definition) is 1. The van der Waals surface area contributed by atoms with Crippen LogP contribution in [-0.4, -0.2) is 12.6 Å². The third kappa shape index (κ3) is 2.48. The highest BCUT2D eigenvalue weighted by atomic mass is 16.5. The fourth-order valence-electron chi connectivity index (χ4n) is 1.60. The minimum Gasteiger partial charge on any atom is -0.486 e. The van der Waals surface area contributed by atoms with Crippen LogP contribution < -0.4 is 15.5 Å². The number of carbonyl (C=O) groups is 1. The van der Waals surface area contributed by atoms with Crippen molar-refractivity contribution in [3.05, 3.63) is 35.9 Å². The maximum absolute atomic E-state index is 11.4. The van der Waals surface area contributed by atoms with Crippen LogP contribution in [0.2, 0.25) is 0 Å². The van der Waals surface area contributed by atoms with Gasteiger partial charge in [0.05, 0.1) is 12.2 Å². The summed E-state index contributed by atoms with van der Waals surface area (Å²) in [6.45, 7) is 1.98. The largest absolute Gasteiger partial charge is 0.486 e. The standard InChI is InChI=1S/C12H13N3O3/c1-2-17-10(16)8-15-11(12(13)18-14-15)9-6-4-3-5-7-9/h3-7,13H,2,8H2,1H3. The number of nitrogens with zero attached hydrogens (tertiary/aromatic N) is 2. The third-order valence-corrected chi connectivity index (χ3v) is 2.34. The summed E-state index contributed by atoms with van der Waals surface area (Å²) < 4.78 is 11.0. The molecule has 1 aromatic heterocycles. The van der Waals surface area contributed by atoms with E-state index < -0.39 is 5.97 Å². The molecule has 2 aromatic rings. The van der Waals surface area contributed by atoms with E-state index in [1.165, 1.54) is 4.68 Å². The van der Waals surface area contributed by atoms with Crippen molar-refractivity contribution in [2.75, 3.05) is 6.61 Å². The van der Waals surface area contributed by atoms with Gasteiger partial charge in [-0.05, 0) is 19.1 Å². The van der Waals surface area contributed by atoms with Crippen LogP contribution in [0.5, 0.6) is 0 Å². The summed E-state index contributed by atoms with van der Waals surface area (Å²) >= 11 is 0. The molecule has 1 aromatic carbocycles. The number of hydrogen-bond acceptors (Lipinski definition) is 4. The second kappa shape index (κ2) is 5.31. The van der Waals surface area contributed by atoms with E-state index in [1.54, 1.807) is 6.92 Å². The first-order valence-corrected chi connectivity index (χ1v) is 5.54. The predicted molar refractivity (Wildman–Crippen MR) is 60.1 cm³/mol. The number of nitrogens with one attached hydrogen (secondary N) is 1. The maximum Gasteiger partial charge on any atom is 0.372 e. The van der Waals surface area contributed by atoms with Gasteiger partial charge in [0, 0.05) is 0 Å². The van der Waals surface area contributed by atoms with E-state index in [9.17, 15) is 4.79 Å². The number of rotatable bonds is 4. The van der Waals surface area contributed by atoms with E-state index in [0.717, 1.165) is 5.56 Å². The van der Waals surface area contributed by atoms with Gasteiger partial charge in [-0.15, -0.1) is 0 Å². The number of aromatic nitrogens is 2. The first-order chi connectivity index (χ1) is 8.72. The van der Waals surface area contributed by atoms with Gasteiger partial charge in [-0.2, -0.15) is 0 Å². The Bertz CT molecular complexity index is 586. The van der Waals surface area contributed by atoms with Gasteiger partial charge in [0.15, 0.2) is 0 Å². The fraction of sp³-hybridized carbons (Fsp3) is 0.250. The summed E-state index contributed by atoms with van der Waals surface area (Å²) in [7, 11) is 0.